The van der Waals surface area contributed by atoms with Crippen molar-refractivity contribution in [3.8, 4) is 0 Å². The molecule has 1 aromatic rings. The molecule has 1 aromatic heterocycles. The predicted octanol–water partition coefficient (Wildman–Crippen LogP) is 2.03. The SMILES string of the molecule is CCOCCn1nc(C)c(CNC(C)C)c1C. The Morgan fingerprint density at radius 3 is 2.65 bits per heavy atom. The average molecular weight is 239 g/mol. The molecule has 0 aromatic carbocycles. The number of nitrogens with zero attached hydrogens (tertiary/aromatic N) is 2. The molecule has 98 valence electrons. The van der Waals surface area contributed by atoms with Crippen molar-refractivity contribution in [1.82, 2.24) is 15.1 Å². The number of hydrogen-bond acceptors (Lipinski definition) is 3. The molecule has 0 aliphatic carbocycles. The van der Waals surface area contributed by atoms with Crippen molar-refractivity contribution in [2.75, 3.05) is 13.2 Å². The molecule has 1 N–H and O–H groups in total. The van der Waals surface area contributed by atoms with Crippen molar-refractivity contribution in [1.29, 1.82) is 0 Å². The van der Waals surface area contributed by atoms with E-state index in [1.54, 1.807) is 0 Å². The van der Waals surface area contributed by atoms with Gasteiger partial charge in [0, 0.05) is 30.5 Å². The van der Waals surface area contributed by atoms with Crippen molar-refractivity contribution >= 4 is 0 Å². The zero-order chi connectivity index (χ0) is 12.8. The molecule has 0 radical (unpaired) electrons. The normalized spacial score (nSPS) is 11.4. The maximum Gasteiger partial charge on any atom is 0.0662 e. The molecule has 4 heteroatoms. The summed E-state index contributed by atoms with van der Waals surface area (Å²) in [6.07, 6.45) is 0. The lowest BCUT2D eigenvalue weighted by Gasteiger charge is -2.09. The zero-order valence-electron chi connectivity index (χ0n) is 11.7. The van der Waals surface area contributed by atoms with Crippen LogP contribution < -0.4 is 5.32 Å². The summed E-state index contributed by atoms with van der Waals surface area (Å²) in [5.41, 5.74) is 3.68. The molecular weight excluding hydrogens is 214 g/mol. The fourth-order valence-corrected chi connectivity index (χ4v) is 1.81. The van der Waals surface area contributed by atoms with Crippen LogP contribution in [0.25, 0.3) is 0 Å². The second-order valence-corrected chi connectivity index (χ2v) is 4.61. The highest BCUT2D eigenvalue weighted by molar-refractivity contribution is 5.24. The van der Waals surface area contributed by atoms with E-state index in [9.17, 15) is 0 Å². The summed E-state index contributed by atoms with van der Waals surface area (Å²) in [5, 5.41) is 8.00. The lowest BCUT2D eigenvalue weighted by atomic mass is 10.2. The van der Waals surface area contributed by atoms with Crippen molar-refractivity contribution in [2.24, 2.45) is 0 Å². The molecule has 17 heavy (non-hydrogen) atoms. The van der Waals surface area contributed by atoms with Crippen LogP contribution in [-0.4, -0.2) is 29.0 Å². The van der Waals surface area contributed by atoms with E-state index in [4.69, 9.17) is 4.74 Å². The Morgan fingerprint density at radius 1 is 1.35 bits per heavy atom. The first kappa shape index (κ1) is 14.2. The minimum absolute atomic E-state index is 0.501. The molecule has 0 amide bonds. The second kappa shape index (κ2) is 6.77. The summed E-state index contributed by atoms with van der Waals surface area (Å²) in [6, 6.07) is 0.501. The van der Waals surface area contributed by atoms with Crippen molar-refractivity contribution in [3.05, 3.63) is 17.0 Å². The molecule has 0 unspecified atom stereocenters. The smallest absolute Gasteiger partial charge is 0.0662 e. The molecular formula is C13H25N3O. The molecule has 0 saturated carbocycles. The van der Waals surface area contributed by atoms with Gasteiger partial charge in [-0.1, -0.05) is 13.8 Å². The fourth-order valence-electron chi connectivity index (χ4n) is 1.81. The fraction of sp³-hybridized carbons (Fsp3) is 0.769. The van der Waals surface area contributed by atoms with Gasteiger partial charge >= 0.3 is 0 Å². The predicted molar refractivity (Wildman–Crippen MR) is 70.2 cm³/mol. The quantitative estimate of drug-likeness (QED) is 0.740. The minimum atomic E-state index is 0.501. The monoisotopic (exact) mass is 239 g/mol. The van der Waals surface area contributed by atoms with Crippen molar-refractivity contribution in [2.45, 2.75) is 53.8 Å². The minimum Gasteiger partial charge on any atom is -0.380 e. The van der Waals surface area contributed by atoms with E-state index in [0.717, 1.165) is 32.0 Å². The number of hydrogen-bond donors (Lipinski definition) is 1. The van der Waals surface area contributed by atoms with Crippen LogP contribution in [0.5, 0.6) is 0 Å². The van der Waals surface area contributed by atoms with Crippen molar-refractivity contribution in [3.63, 3.8) is 0 Å². The van der Waals surface area contributed by atoms with Gasteiger partial charge in [0.25, 0.3) is 0 Å². The molecule has 0 atom stereocenters. The van der Waals surface area contributed by atoms with E-state index >= 15 is 0 Å². The molecule has 0 saturated heterocycles. The van der Waals surface area contributed by atoms with Gasteiger partial charge in [-0.2, -0.15) is 5.10 Å². The van der Waals surface area contributed by atoms with Gasteiger partial charge in [-0.25, -0.2) is 0 Å². The first-order valence-electron chi connectivity index (χ1n) is 6.40. The van der Waals surface area contributed by atoms with Crippen LogP contribution in [-0.2, 0) is 17.8 Å². The Hall–Kier alpha value is -0.870. The van der Waals surface area contributed by atoms with Gasteiger partial charge in [0.15, 0.2) is 0 Å². The van der Waals surface area contributed by atoms with E-state index in [-0.39, 0.29) is 0 Å². The Balaban J connectivity index is 2.65. The Morgan fingerprint density at radius 2 is 2.06 bits per heavy atom. The molecule has 1 rings (SSSR count). The summed E-state index contributed by atoms with van der Waals surface area (Å²) in [4.78, 5) is 0. The number of nitrogens with one attached hydrogen (secondary N) is 1. The number of aryl methyl sites for hydroxylation is 1. The summed E-state index contributed by atoms with van der Waals surface area (Å²) in [6.45, 7) is 13.8. The van der Waals surface area contributed by atoms with Crippen LogP contribution in [0.4, 0.5) is 0 Å². The second-order valence-electron chi connectivity index (χ2n) is 4.61. The topological polar surface area (TPSA) is 39.1 Å². The largest absolute Gasteiger partial charge is 0.380 e. The maximum absolute atomic E-state index is 5.36. The molecule has 0 bridgehead atoms. The lowest BCUT2D eigenvalue weighted by Crippen LogP contribution is -2.22. The highest BCUT2D eigenvalue weighted by atomic mass is 16.5. The number of rotatable bonds is 7. The third kappa shape index (κ3) is 4.13. The lowest BCUT2D eigenvalue weighted by molar-refractivity contribution is 0.135. The summed E-state index contributed by atoms with van der Waals surface area (Å²) in [5.74, 6) is 0. The van der Waals surface area contributed by atoms with Gasteiger partial charge in [0.05, 0.1) is 18.8 Å². The van der Waals surface area contributed by atoms with Crippen LogP contribution in [0.3, 0.4) is 0 Å². The molecule has 0 aliphatic heterocycles. The Labute approximate surface area is 104 Å². The molecule has 0 spiro atoms. The molecule has 4 nitrogen and oxygen atoms in total. The molecule has 0 aliphatic rings. The van der Waals surface area contributed by atoms with Gasteiger partial charge in [-0.15, -0.1) is 0 Å². The van der Waals surface area contributed by atoms with E-state index < -0.39 is 0 Å². The van der Waals surface area contributed by atoms with E-state index in [0.29, 0.717) is 6.04 Å². The number of aromatic nitrogens is 2. The van der Waals surface area contributed by atoms with Crippen LogP contribution in [0.1, 0.15) is 37.7 Å². The first-order chi connectivity index (χ1) is 8.06. The Kier molecular flexibility index (Phi) is 5.65. The standard InChI is InChI=1S/C13H25N3O/c1-6-17-8-7-16-12(5)13(11(4)15-16)9-14-10(2)3/h10,14H,6-9H2,1-5H3. The van der Waals surface area contributed by atoms with Crippen LogP contribution in [0, 0.1) is 13.8 Å². The summed E-state index contributed by atoms with van der Waals surface area (Å²) >= 11 is 0. The van der Waals surface area contributed by atoms with Gasteiger partial charge in [-0.3, -0.25) is 4.68 Å². The highest BCUT2D eigenvalue weighted by Crippen LogP contribution is 2.12. The van der Waals surface area contributed by atoms with Crippen LogP contribution >= 0.6 is 0 Å². The highest BCUT2D eigenvalue weighted by Gasteiger charge is 2.11. The van der Waals surface area contributed by atoms with Gasteiger partial charge in [0.2, 0.25) is 0 Å². The van der Waals surface area contributed by atoms with Gasteiger partial charge in [0.1, 0.15) is 0 Å². The van der Waals surface area contributed by atoms with Crippen LogP contribution in [0.2, 0.25) is 0 Å². The summed E-state index contributed by atoms with van der Waals surface area (Å²) < 4.78 is 7.41. The Bertz CT molecular complexity index is 345. The maximum atomic E-state index is 5.36. The van der Waals surface area contributed by atoms with E-state index in [1.807, 2.05) is 11.6 Å². The van der Waals surface area contributed by atoms with Crippen LogP contribution in [0.15, 0.2) is 0 Å². The van der Waals surface area contributed by atoms with Gasteiger partial charge in [-0.05, 0) is 20.8 Å². The summed E-state index contributed by atoms with van der Waals surface area (Å²) in [7, 11) is 0. The van der Waals surface area contributed by atoms with E-state index in [2.05, 4.69) is 38.1 Å². The zero-order valence-corrected chi connectivity index (χ0v) is 11.7. The van der Waals surface area contributed by atoms with Gasteiger partial charge < -0.3 is 10.1 Å². The average Bonchev–Trinajstić information content (AvgIpc) is 2.52. The third-order valence-electron chi connectivity index (χ3n) is 2.87. The number of ether oxygens (including phenoxy) is 1. The van der Waals surface area contributed by atoms with E-state index in [1.165, 1.54) is 11.3 Å². The molecule has 0 fully saturated rings. The van der Waals surface area contributed by atoms with Crippen molar-refractivity contribution < 1.29 is 4.74 Å². The third-order valence-corrected chi connectivity index (χ3v) is 2.87. The molecule has 1 heterocycles. The first-order valence-corrected chi connectivity index (χ1v) is 6.40.